The van der Waals surface area contributed by atoms with E-state index in [4.69, 9.17) is 10.7 Å². The summed E-state index contributed by atoms with van der Waals surface area (Å²) < 4.78 is 59.5. The summed E-state index contributed by atoms with van der Waals surface area (Å²) in [5, 5.41) is -1.36. The molecule has 0 aliphatic rings. The van der Waals surface area contributed by atoms with Gasteiger partial charge in [0, 0.05) is 10.7 Å². The van der Waals surface area contributed by atoms with Crippen LogP contribution < -0.4 is 0 Å². The van der Waals surface area contributed by atoms with Gasteiger partial charge in [-0.2, -0.15) is 13.2 Å². The maximum absolute atomic E-state index is 12.4. The molecule has 0 aliphatic carbocycles. The molecule has 0 aliphatic heterocycles. The molecule has 0 amide bonds. The van der Waals surface area contributed by atoms with Crippen LogP contribution in [0.4, 0.5) is 13.2 Å². The molecule has 17 heavy (non-hydrogen) atoms. The SMILES string of the molecule is C=CC(c1cccc(C(F)(F)F)c1)S(=O)(=O)Cl. The second-order valence-corrected chi connectivity index (χ2v) is 6.00. The van der Waals surface area contributed by atoms with Gasteiger partial charge in [-0.15, -0.1) is 6.58 Å². The third-order valence-electron chi connectivity index (χ3n) is 2.06. The van der Waals surface area contributed by atoms with E-state index < -0.39 is 26.0 Å². The molecule has 0 aromatic heterocycles. The Labute approximate surface area is 101 Å². The van der Waals surface area contributed by atoms with Gasteiger partial charge in [-0.25, -0.2) is 8.42 Å². The van der Waals surface area contributed by atoms with E-state index in [1.807, 2.05) is 0 Å². The molecule has 2 nitrogen and oxygen atoms in total. The van der Waals surface area contributed by atoms with Crippen molar-refractivity contribution in [3.05, 3.63) is 48.0 Å². The first-order valence-electron chi connectivity index (χ1n) is 4.39. The van der Waals surface area contributed by atoms with Gasteiger partial charge >= 0.3 is 6.18 Å². The molecular formula is C10H8ClF3O2S. The van der Waals surface area contributed by atoms with E-state index in [-0.39, 0.29) is 5.56 Å². The minimum atomic E-state index is -4.53. The normalized spacial score (nSPS) is 14.4. The number of hydrogen-bond donors (Lipinski definition) is 0. The first-order valence-corrected chi connectivity index (χ1v) is 6.76. The average Bonchev–Trinajstić information content (AvgIpc) is 2.15. The van der Waals surface area contributed by atoms with Gasteiger partial charge in [0.25, 0.3) is 0 Å². The molecule has 0 saturated carbocycles. The van der Waals surface area contributed by atoms with E-state index in [0.29, 0.717) is 0 Å². The molecule has 1 atom stereocenters. The molecule has 0 fully saturated rings. The Kier molecular flexibility index (Phi) is 3.88. The lowest BCUT2D eigenvalue weighted by Crippen LogP contribution is -2.09. The highest BCUT2D eigenvalue weighted by Crippen LogP contribution is 2.33. The molecule has 1 aromatic rings. The van der Waals surface area contributed by atoms with Gasteiger partial charge in [0.1, 0.15) is 5.25 Å². The fourth-order valence-electron chi connectivity index (χ4n) is 1.31. The first kappa shape index (κ1) is 14.1. The topological polar surface area (TPSA) is 34.1 Å². The van der Waals surface area contributed by atoms with Crippen LogP contribution in [0.15, 0.2) is 36.9 Å². The van der Waals surface area contributed by atoms with E-state index in [1.165, 1.54) is 6.07 Å². The predicted octanol–water partition coefficient (Wildman–Crippen LogP) is 3.50. The van der Waals surface area contributed by atoms with Crippen molar-refractivity contribution < 1.29 is 21.6 Å². The molecule has 0 radical (unpaired) electrons. The number of rotatable bonds is 3. The Hall–Kier alpha value is -1.01. The maximum Gasteiger partial charge on any atom is 0.416 e. The van der Waals surface area contributed by atoms with E-state index in [1.54, 1.807) is 0 Å². The highest BCUT2D eigenvalue weighted by atomic mass is 35.7. The number of halogens is 4. The van der Waals surface area contributed by atoms with Gasteiger partial charge in [-0.3, -0.25) is 0 Å². The third-order valence-corrected chi connectivity index (χ3v) is 3.71. The van der Waals surface area contributed by atoms with Crippen LogP contribution in [-0.2, 0) is 15.2 Å². The Bertz CT molecular complexity index is 523. The Balaban J connectivity index is 3.29. The van der Waals surface area contributed by atoms with Gasteiger partial charge in [0.2, 0.25) is 9.05 Å². The van der Waals surface area contributed by atoms with Gasteiger partial charge in [-0.1, -0.05) is 24.3 Å². The van der Waals surface area contributed by atoms with E-state index in [9.17, 15) is 21.6 Å². The Morgan fingerprint density at radius 3 is 2.35 bits per heavy atom. The lowest BCUT2D eigenvalue weighted by atomic mass is 10.1. The highest BCUT2D eigenvalue weighted by Gasteiger charge is 2.32. The molecule has 1 unspecified atom stereocenters. The smallest absolute Gasteiger partial charge is 0.211 e. The quantitative estimate of drug-likeness (QED) is 0.629. The van der Waals surface area contributed by atoms with Crippen molar-refractivity contribution in [1.82, 2.24) is 0 Å². The monoisotopic (exact) mass is 284 g/mol. The van der Waals surface area contributed by atoms with Crippen molar-refractivity contribution in [3.8, 4) is 0 Å². The van der Waals surface area contributed by atoms with Gasteiger partial charge in [0.05, 0.1) is 5.56 Å². The molecule has 0 saturated heterocycles. The van der Waals surface area contributed by atoms with E-state index in [0.717, 1.165) is 24.3 Å². The molecule has 7 heteroatoms. The van der Waals surface area contributed by atoms with Gasteiger partial charge < -0.3 is 0 Å². The largest absolute Gasteiger partial charge is 0.416 e. The molecule has 0 bridgehead atoms. The Morgan fingerprint density at radius 2 is 1.94 bits per heavy atom. The molecule has 0 spiro atoms. The van der Waals surface area contributed by atoms with Gasteiger partial charge in [-0.05, 0) is 11.6 Å². The summed E-state index contributed by atoms with van der Waals surface area (Å²) in [4.78, 5) is 0. The highest BCUT2D eigenvalue weighted by molar-refractivity contribution is 8.14. The van der Waals surface area contributed by atoms with E-state index >= 15 is 0 Å². The van der Waals surface area contributed by atoms with Crippen LogP contribution in [0.3, 0.4) is 0 Å². The van der Waals surface area contributed by atoms with Crippen LogP contribution in [0.1, 0.15) is 16.4 Å². The molecule has 94 valence electrons. The fraction of sp³-hybridized carbons (Fsp3) is 0.200. The summed E-state index contributed by atoms with van der Waals surface area (Å²) >= 11 is 0. The zero-order valence-electron chi connectivity index (χ0n) is 8.41. The number of benzene rings is 1. The third kappa shape index (κ3) is 3.47. The zero-order valence-corrected chi connectivity index (χ0v) is 9.98. The molecular weight excluding hydrogens is 277 g/mol. The average molecular weight is 285 g/mol. The predicted molar refractivity (Wildman–Crippen MR) is 59.2 cm³/mol. The van der Waals surface area contributed by atoms with Crippen LogP contribution in [0.5, 0.6) is 0 Å². The summed E-state index contributed by atoms with van der Waals surface area (Å²) in [5.41, 5.74) is -0.994. The van der Waals surface area contributed by atoms with Crippen molar-refractivity contribution in [2.75, 3.05) is 0 Å². The lowest BCUT2D eigenvalue weighted by Gasteiger charge is -2.12. The molecule has 0 heterocycles. The van der Waals surface area contributed by atoms with Crippen LogP contribution >= 0.6 is 10.7 Å². The van der Waals surface area contributed by atoms with Crippen LogP contribution in [-0.4, -0.2) is 8.42 Å². The summed E-state index contributed by atoms with van der Waals surface area (Å²) in [6, 6.07) is 3.97. The second kappa shape index (κ2) is 4.70. The zero-order chi connectivity index (χ0) is 13.3. The van der Waals surface area contributed by atoms with Crippen LogP contribution in [0.25, 0.3) is 0 Å². The summed E-state index contributed by atoms with van der Waals surface area (Å²) in [6.45, 7) is 3.25. The van der Waals surface area contributed by atoms with E-state index in [2.05, 4.69) is 6.58 Å². The summed E-state index contributed by atoms with van der Waals surface area (Å²) in [5.74, 6) is 0. The number of hydrogen-bond acceptors (Lipinski definition) is 2. The number of alkyl halides is 3. The summed E-state index contributed by atoms with van der Waals surface area (Å²) in [6.07, 6.45) is -3.55. The van der Waals surface area contributed by atoms with Crippen molar-refractivity contribution in [2.45, 2.75) is 11.4 Å². The van der Waals surface area contributed by atoms with Crippen molar-refractivity contribution in [3.63, 3.8) is 0 Å². The minimum Gasteiger partial charge on any atom is -0.211 e. The van der Waals surface area contributed by atoms with Gasteiger partial charge in [0.15, 0.2) is 0 Å². The lowest BCUT2D eigenvalue weighted by molar-refractivity contribution is -0.137. The molecule has 0 N–H and O–H groups in total. The maximum atomic E-state index is 12.4. The fourth-order valence-corrected chi connectivity index (χ4v) is 2.53. The first-order chi connectivity index (χ1) is 7.66. The standard InChI is InChI=1S/C10H8ClF3O2S/c1-2-9(17(11,15)16)7-4-3-5-8(6-7)10(12,13)14/h2-6,9H,1H2. The molecule has 1 aromatic carbocycles. The van der Waals surface area contributed by atoms with Crippen molar-refractivity contribution >= 4 is 19.7 Å². The van der Waals surface area contributed by atoms with Crippen molar-refractivity contribution in [1.29, 1.82) is 0 Å². The molecule has 1 rings (SSSR count). The minimum absolute atomic E-state index is 0.0650. The van der Waals surface area contributed by atoms with Crippen LogP contribution in [0.2, 0.25) is 0 Å². The second-order valence-electron chi connectivity index (χ2n) is 3.26. The van der Waals surface area contributed by atoms with Crippen molar-refractivity contribution in [2.24, 2.45) is 0 Å². The summed E-state index contributed by atoms with van der Waals surface area (Å²) in [7, 11) is 1.08. The Morgan fingerprint density at radius 1 is 1.35 bits per heavy atom. The van der Waals surface area contributed by atoms with Crippen LogP contribution in [0, 0.1) is 0 Å².